The van der Waals surface area contributed by atoms with E-state index in [2.05, 4.69) is 4.98 Å². The van der Waals surface area contributed by atoms with Gasteiger partial charge in [0.15, 0.2) is 0 Å². The van der Waals surface area contributed by atoms with Crippen LogP contribution in [-0.4, -0.2) is 16.1 Å². The molecule has 0 spiro atoms. The number of benzene rings is 1. The summed E-state index contributed by atoms with van der Waals surface area (Å²) in [7, 11) is 0. The summed E-state index contributed by atoms with van der Waals surface area (Å²) in [4.78, 5) is 14.8. The number of rotatable bonds is 4. The second-order valence-corrected chi connectivity index (χ2v) is 4.08. The number of hydrogen-bond acceptors (Lipinski definition) is 3. The van der Waals surface area contributed by atoms with Crippen molar-refractivity contribution < 1.29 is 9.90 Å². The zero-order valence-corrected chi connectivity index (χ0v) is 9.78. The molecule has 2 rings (SSSR count). The number of hydrogen-bond donors (Lipinski definition) is 2. The first-order valence-electron chi connectivity index (χ1n) is 5.64. The van der Waals surface area contributed by atoms with Crippen molar-refractivity contribution >= 4 is 5.97 Å². The van der Waals surface area contributed by atoms with E-state index in [4.69, 9.17) is 10.8 Å². The molecule has 3 N–H and O–H groups in total. The fraction of sp³-hybridized carbons (Fsp3) is 0.143. The summed E-state index contributed by atoms with van der Waals surface area (Å²) in [6.45, 7) is 0. The molecule has 1 heterocycles. The van der Waals surface area contributed by atoms with Crippen LogP contribution in [0.2, 0.25) is 0 Å². The highest BCUT2D eigenvalue weighted by molar-refractivity contribution is 5.68. The van der Waals surface area contributed by atoms with Crippen LogP contribution in [-0.2, 0) is 4.79 Å². The van der Waals surface area contributed by atoms with Crippen LogP contribution in [0, 0.1) is 0 Å². The number of pyridine rings is 1. The summed E-state index contributed by atoms with van der Waals surface area (Å²) in [6.07, 6.45) is 3.26. The molecule has 0 aliphatic rings. The van der Waals surface area contributed by atoms with Gasteiger partial charge >= 0.3 is 5.97 Å². The van der Waals surface area contributed by atoms with Crippen molar-refractivity contribution in [2.45, 2.75) is 12.5 Å². The molecule has 0 radical (unpaired) electrons. The lowest BCUT2D eigenvalue weighted by Crippen LogP contribution is -2.15. The van der Waals surface area contributed by atoms with Crippen molar-refractivity contribution in [2.24, 2.45) is 5.73 Å². The molecule has 1 aromatic carbocycles. The van der Waals surface area contributed by atoms with Crippen LogP contribution >= 0.6 is 0 Å². The molecule has 0 aliphatic carbocycles. The topological polar surface area (TPSA) is 76.2 Å². The molecule has 1 atom stereocenters. The first-order chi connectivity index (χ1) is 8.66. The second-order valence-electron chi connectivity index (χ2n) is 4.08. The van der Waals surface area contributed by atoms with Crippen molar-refractivity contribution in [1.29, 1.82) is 0 Å². The minimum Gasteiger partial charge on any atom is -0.481 e. The number of aromatic nitrogens is 1. The van der Waals surface area contributed by atoms with Gasteiger partial charge < -0.3 is 10.8 Å². The van der Waals surface area contributed by atoms with E-state index in [1.807, 2.05) is 36.4 Å². The third-order valence-corrected chi connectivity index (χ3v) is 2.69. The van der Waals surface area contributed by atoms with Crippen molar-refractivity contribution in [3.63, 3.8) is 0 Å². The highest BCUT2D eigenvalue weighted by Crippen LogP contribution is 2.22. The van der Waals surface area contributed by atoms with E-state index in [1.165, 1.54) is 0 Å². The van der Waals surface area contributed by atoms with Gasteiger partial charge in [-0.05, 0) is 17.2 Å². The average molecular weight is 242 g/mol. The molecule has 1 aromatic heterocycles. The lowest BCUT2D eigenvalue weighted by Gasteiger charge is -2.10. The van der Waals surface area contributed by atoms with Crippen LogP contribution in [0.15, 0.2) is 48.8 Å². The fourth-order valence-electron chi connectivity index (χ4n) is 1.75. The maximum atomic E-state index is 10.6. The minimum atomic E-state index is -0.910. The molecule has 92 valence electrons. The van der Waals surface area contributed by atoms with Crippen molar-refractivity contribution in [3.8, 4) is 11.1 Å². The highest BCUT2D eigenvalue weighted by atomic mass is 16.4. The van der Waals surface area contributed by atoms with Crippen LogP contribution < -0.4 is 5.73 Å². The Morgan fingerprint density at radius 2 is 1.94 bits per heavy atom. The molecule has 2 aromatic rings. The summed E-state index contributed by atoms with van der Waals surface area (Å²) in [5.74, 6) is -0.910. The smallest absolute Gasteiger partial charge is 0.305 e. The SMILES string of the molecule is NC(CC(=O)O)c1cncc(-c2ccccc2)c1. The van der Waals surface area contributed by atoms with Gasteiger partial charge in [-0.3, -0.25) is 9.78 Å². The van der Waals surface area contributed by atoms with Crippen LogP contribution in [0.5, 0.6) is 0 Å². The standard InChI is InChI=1S/C14H14N2O2/c15-13(7-14(17)18)12-6-11(8-16-9-12)10-4-2-1-3-5-10/h1-6,8-9,13H,7,15H2,(H,17,18). The van der Waals surface area contributed by atoms with Gasteiger partial charge in [0.1, 0.15) is 0 Å². The van der Waals surface area contributed by atoms with Crippen molar-refractivity contribution in [1.82, 2.24) is 4.98 Å². The molecule has 0 bridgehead atoms. The summed E-state index contributed by atoms with van der Waals surface area (Å²) >= 11 is 0. The maximum absolute atomic E-state index is 10.6. The number of carboxylic acids is 1. The molecule has 1 unspecified atom stereocenters. The Morgan fingerprint density at radius 3 is 2.61 bits per heavy atom. The highest BCUT2D eigenvalue weighted by Gasteiger charge is 2.11. The zero-order chi connectivity index (χ0) is 13.0. The Kier molecular flexibility index (Phi) is 3.69. The molecule has 4 nitrogen and oxygen atoms in total. The van der Waals surface area contributed by atoms with E-state index in [9.17, 15) is 4.79 Å². The van der Waals surface area contributed by atoms with E-state index in [-0.39, 0.29) is 6.42 Å². The van der Waals surface area contributed by atoms with Crippen molar-refractivity contribution in [2.75, 3.05) is 0 Å². The van der Waals surface area contributed by atoms with Gasteiger partial charge in [0.2, 0.25) is 0 Å². The summed E-state index contributed by atoms with van der Waals surface area (Å²) in [5, 5.41) is 8.73. The van der Waals surface area contributed by atoms with Gasteiger partial charge in [-0.1, -0.05) is 30.3 Å². The second kappa shape index (κ2) is 5.42. The number of nitrogens with zero attached hydrogens (tertiary/aromatic N) is 1. The average Bonchev–Trinajstić information content (AvgIpc) is 2.39. The van der Waals surface area contributed by atoms with Gasteiger partial charge in [-0.2, -0.15) is 0 Å². The van der Waals surface area contributed by atoms with E-state index in [0.717, 1.165) is 16.7 Å². The third-order valence-electron chi connectivity index (χ3n) is 2.69. The normalized spacial score (nSPS) is 12.1. The van der Waals surface area contributed by atoms with Gasteiger partial charge in [-0.15, -0.1) is 0 Å². The van der Waals surface area contributed by atoms with E-state index < -0.39 is 12.0 Å². The molecule has 0 fully saturated rings. The fourth-order valence-corrected chi connectivity index (χ4v) is 1.75. The van der Waals surface area contributed by atoms with E-state index in [0.29, 0.717) is 0 Å². The Bertz CT molecular complexity index is 541. The number of nitrogens with two attached hydrogens (primary N) is 1. The van der Waals surface area contributed by atoms with Gasteiger partial charge in [0.05, 0.1) is 6.42 Å². The Labute approximate surface area is 105 Å². The van der Waals surface area contributed by atoms with Gasteiger partial charge in [-0.25, -0.2) is 0 Å². The lowest BCUT2D eigenvalue weighted by atomic mass is 10.0. The third kappa shape index (κ3) is 2.93. The Morgan fingerprint density at radius 1 is 1.22 bits per heavy atom. The quantitative estimate of drug-likeness (QED) is 0.861. The predicted molar refractivity (Wildman–Crippen MR) is 68.9 cm³/mol. The molecular weight excluding hydrogens is 228 g/mol. The van der Waals surface area contributed by atoms with Crippen LogP contribution in [0.1, 0.15) is 18.0 Å². The molecule has 0 saturated heterocycles. The van der Waals surface area contributed by atoms with E-state index >= 15 is 0 Å². The van der Waals surface area contributed by atoms with Crippen molar-refractivity contribution in [3.05, 3.63) is 54.4 Å². The van der Waals surface area contributed by atoms with Gasteiger partial charge in [0.25, 0.3) is 0 Å². The molecule has 0 saturated carbocycles. The number of carboxylic acid groups (broad SMARTS) is 1. The van der Waals surface area contributed by atoms with Gasteiger partial charge in [0, 0.05) is 24.0 Å². The molecule has 0 aliphatic heterocycles. The summed E-state index contributed by atoms with van der Waals surface area (Å²) < 4.78 is 0. The monoisotopic (exact) mass is 242 g/mol. The van der Waals surface area contributed by atoms with Crippen LogP contribution in [0.25, 0.3) is 11.1 Å². The first-order valence-corrected chi connectivity index (χ1v) is 5.64. The molecule has 0 amide bonds. The van der Waals surface area contributed by atoms with Crippen LogP contribution in [0.3, 0.4) is 0 Å². The Balaban J connectivity index is 2.28. The van der Waals surface area contributed by atoms with Crippen LogP contribution in [0.4, 0.5) is 0 Å². The Hall–Kier alpha value is -2.20. The summed E-state index contributed by atoms with van der Waals surface area (Å²) in [6, 6.07) is 11.1. The molecular formula is C14H14N2O2. The predicted octanol–water partition coefficient (Wildman–Crippen LogP) is 2.22. The number of aliphatic carboxylic acids is 1. The minimum absolute atomic E-state index is 0.0973. The largest absolute Gasteiger partial charge is 0.481 e. The lowest BCUT2D eigenvalue weighted by molar-refractivity contribution is -0.137. The number of carbonyl (C=O) groups is 1. The summed E-state index contributed by atoms with van der Waals surface area (Å²) in [5.41, 5.74) is 8.53. The molecule has 18 heavy (non-hydrogen) atoms. The maximum Gasteiger partial charge on any atom is 0.305 e. The molecule has 4 heteroatoms. The first kappa shape index (κ1) is 12.3. The zero-order valence-electron chi connectivity index (χ0n) is 9.78. The van der Waals surface area contributed by atoms with E-state index in [1.54, 1.807) is 12.4 Å².